The van der Waals surface area contributed by atoms with Gasteiger partial charge in [-0.3, -0.25) is 4.79 Å². The number of ether oxygens (including phenoxy) is 2. The third-order valence-electron chi connectivity index (χ3n) is 3.61. The highest BCUT2D eigenvalue weighted by Gasteiger charge is 2.18. The molecule has 3 rings (SSSR count). The Hall–Kier alpha value is -2.67. The fraction of sp³-hybridized carbons (Fsp3) is 0.176. The zero-order chi connectivity index (χ0) is 17.3. The van der Waals surface area contributed by atoms with Gasteiger partial charge in [-0.15, -0.1) is 0 Å². The van der Waals surface area contributed by atoms with Gasteiger partial charge in [0.2, 0.25) is 0 Å². The maximum atomic E-state index is 13.4. The molecule has 0 saturated carbocycles. The molecule has 0 saturated heterocycles. The largest absolute Gasteiger partial charge is 0.496 e. The number of benzene rings is 2. The van der Waals surface area contributed by atoms with Crippen LogP contribution in [0.1, 0.15) is 10.4 Å². The summed E-state index contributed by atoms with van der Waals surface area (Å²) in [6, 6.07) is 9.54. The number of hydrogen-bond donors (Lipinski definition) is 0. The molecule has 24 heavy (non-hydrogen) atoms. The maximum absolute atomic E-state index is 13.4. The number of thiazole rings is 1. The third-order valence-corrected chi connectivity index (χ3v) is 4.70. The zero-order valence-corrected chi connectivity index (χ0v) is 14.2. The molecule has 0 fully saturated rings. The van der Waals surface area contributed by atoms with E-state index in [4.69, 9.17) is 9.47 Å². The Morgan fingerprint density at radius 1 is 1.17 bits per heavy atom. The minimum Gasteiger partial charge on any atom is -0.496 e. The topological polar surface area (TPSA) is 52.8 Å². The van der Waals surface area contributed by atoms with E-state index in [1.807, 2.05) is 0 Å². The Balaban J connectivity index is 2.16. The van der Waals surface area contributed by atoms with Crippen LogP contribution in [0.3, 0.4) is 0 Å². The van der Waals surface area contributed by atoms with E-state index in [-0.39, 0.29) is 11.4 Å². The van der Waals surface area contributed by atoms with Gasteiger partial charge in [0.25, 0.3) is 5.91 Å². The van der Waals surface area contributed by atoms with E-state index >= 15 is 0 Å². The van der Waals surface area contributed by atoms with Crippen molar-refractivity contribution in [3.63, 3.8) is 0 Å². The third kappa shape index (κ3) is 2.78. The lowest BCUT2D eigenvalue weighted by Crippen LogP contribution is -2.14. The summed E-state index contributed by atoms with van der Waals surface area (Å²) in [5, 5.41) is 0. The van der Waals surface area contributed by atoms with Gasteiger partial charge in [-0.05, 0) is 30.3 Å². The zero-order valence-electron chi connectivity index (χ0n) is 13.4. The number of hydrogen-bond acceptors (Lipinski definition) is 4. The average molecular weight is 346 g/mol. The van der Waals surface area contributed by atoms with Crippen LogP contribution in [-0.2, 0) is 7.05 Å². The van der Waals surface area contributed by atoms with Gasteiger partial charge in [0.05, 0.1) is 24.4 Å². The first kappa shape index (κ1) is 16.2. The second kappa shape index (κ2) is 6.45. The highest BCUT2D eigenvalue weighted by Crippen LogP contribution is 2.29. The number of nitrogens with zero attached hydrogens (tertiary/aromatic N) is 2. The number of methoxy groups -OCH3 is 2. The van der Waals surface area contributed by atoms with Crippen molar-refractivity contribution < 1.29 is 18.7 Å². The van der Waals surface area contributed by atoms with Gasteiger partial charge in [0, 0.05) is 7.05 Å². The Kier molecular flexibility index (Phi) is 4.35. The smallest absolute Gasteiger partial charge is 0.287 e. The number of rotatable bonds is 3. The van der Waals surface area contributed by atoms with Gasteiger partial charge < -0.3 is 14.0 Å². The van der Waals surface area contributed by atoms with Crippen LogP contribution in [-0.4, -0.2) is 24.7 Å². The van der Waals surface area contributed by atoms with Crippen LogP contribution in [0.15, 0.2) is 41.4 Å². The molecule has 2 aromatic carbocycles. The van der Waals surface area contributed by atoms with Gasteiger partial charge in [0.1, 0.15) is 22.9 Å². The molecule has 1 aromatic heterocycles. The van der Waals surface area contributed by atoms with Gasteiger partial charge in [-0.1, -0.05) is 17.4 Å². The molecule has 3 aromatic rings. The number of aryl methyl sites for hydroxylation is 1. The molecule has 7 heteroatoms. The summed E-state index contributed by atoms with van der Waals surface area (Å²) in [5.74, 6) is -0.0311. The lowest BCUT2D eigenvalue weighted by Gasteiger charge is -2.09. The minimum atomic E-state index is -0.480. The van der Waals surface area contributed by atoms with Crippen molar-refractivity contribution >= 4 is 27.5 Å². The van der Waals surface area contributed by atoms with Crippen molar-refractivity contribution in [3.05, 3.63) is 52.6 Å². The molecule has 0 radical (unpaired) electrons. The van der Waals surface area contributed by atoms with Gasteiger partial charge in [0.15, 0.2) is 4.80 Å². The van der Waals surface area contributed by atoms with Gasteiger partial charge in [-0.25, -0.2) is 4.39 Å². The van der Waals surface area contributed by atoms with Crippen LogP contribution in [0.2, 0.25) is 0 Å². The lowest BCUT2D eigenvalue weighted by atomic mass is 10.1. The Morgan fingerprint density at radius 2 is 1.83 bits per heavy atom. The Morgan fingerprint density at radius 3 is 2.46 bits per heavy atom. The molecule has 0 spiro atoms. The van der Waals surface area contributed by atoms with Gasteiger partial charge >= 0.3 is 0 Å². The fourth-order valence-electron chi connectivity index (χ4n) is 2.42. The molecule has 5 nitrogen and oxygen atoms in total. The predicted molar refractivity (Wildman–Crippen MR) is 90.2 cm³/mol. The average Bonchev–Trinajstić information content (AvgIpc) is 2.88. The van der Waals surface area contributed by atoms with Crippen molar-refractivity contribution in [2.45, 2.75) is 0 Å². The van der Waals surface area contributed by atoms with E-state index in [9.17, 15) is 9.18 Å². The van der Waals surface area contributed by atoms with Gasteiger partial charge in [-0.2, -0.15) is 4.99 Å². The molecule has 0 aliphatic rings. The van der Waals surface area contributed by atoms with Crippen LogP contribution in [0, 0.1) is 5.82 Å². The van der Waals surface area contributed by atoms with E-state index in [2.05, 4.69) is 4.99 Å². The molecule has 1 heterocycles. The molecule has 0 atom stereocenters. The first-order chi connectivity index (χ1) is 11.5. The molecule has 0 aliphatic carbocycles. The van der Waals surface area contributed by atoms with Crippen molar-refractivity contribution in [3.8, 4) is 11.5 Å². The maximum Gasteiger partial charge on any atom is 0.287 e. The quantitative estimate of drug-likeness (QED) is 0.732. The van der Waals surface area contributed by atoms with E-state index in [0.29, 0.717) is 16.3 Å². The van der Waals surface area contributed by atoms with E-state index < -0.39 is 5.91 Å². The summed E-state index contributed by atoms with van der Waals surface area (Å²) >= 11 is 1.24. The van der Waals surface area contributed by atoms with Crippen LogP contribution < -0.4 is 14.3 Å². The predicted octanol–water partition coefficient (Wildman–Crippen LogP) is 3.14. The second-order valence-corrected chi connectivity index (χ2v) is 6.02. The monoisotopic (exact) mass is 346 g/mol. The molecule has 0 N–H and O–H groups in total. The summed E-state index contributed by atoms with van der Waals surface area (Å²) in [7, 11) is 4.74. The molecule has 1 amide bonds. The number of aromatic nitrogens is 1. The second-order valence-electron chi connectivity index (χ2n) is 5.01. The standard InChI is InChI=1S/C17H15FN2O3S/c1-20-11-8-7-10(18)9-14(11)24-17(20)19-16(21)15-12(22-2)5-4-6-13(15)23-3/h4-9H,1-3H3. The summed E-state index contributed by atoms with van der Waals surface area (Å²) < 4.78 is 26.3. The number of amides is 1. The van der Waals surface area contributed by atoms with Crippen LogP contribution >= 0.6 is 11.3 Å². The first-order valence-corrected chi connectivity index (χ1v) is 7.92. The lowest BCUT2D eigenvalue weighted by molar-refractivity contribution is 0.0992. The Labute approximate surface area is 141 Å². The molecule has 124 valence electrons. The first-order valence-electron chi connectivity index (χ1n) is 7.10. The number of carbonyl (C=O) groups excluding carboxylic acids is 1. The van der Waals surface area contributed by atoms with Crippen LogP contribution in [0.4, 0.5) is 4.39 Å². The molecular weight excluding hydrogens is 331 g/mol. The van der Waals surface area contributed by atoms with Crippen LogP contribution in [0.5, 0.6) is 11.5 Å². The summed E-state index contributed by atoms with van der Waals surface area (Å²) in [6.07, 6.45) is 0. The normalized spacial score (nSPS) is 11.8. The number of halogens is 1. The fourth-order valence-corrected chi connectivity index (χ4v) is 3.46. The van der Waals surface area contributed by atoms with Crippen molar-refractivity contribution in [1.29, 1.82) is 0 Å². The summed E-state index contributed by atoms with van der Waals surface area (Å²) in [6.45, 7) is 0. The SMILES string of the molecule is COc1cccc(OC)c1C(=O)N=c1sc2cc(F)ccc2n1C. The van der Waals surface area contributed by atoms with Crippen molar-refractivity contribution in [2.24, 2.45) is 12.0 Å². The molecule has 0 bridgehead atoms. The molecule has 0 unspecified atom stereocenters. The number of fused-ring (bicyclic) bond motifs is 1. The van der Waals surface area contributed by atoms with Crippen LogP contribution in [0.25, 0.3) is 10.2 Å². The highest BCUT2D eigenvalue weighted by atomic mass is 32.1. The molecule has 0 aliphatic heterocycles. The van der Waals surface area contributed by atoms with Crippen molar-refractivity contribution in [2.75, 3.05) is 14.2 Å². The molecular formula is C17H15FN2O3S. The summed E-state index contributed by atoms with van der Waals surface area (Å²) in [4.78, 5) is 17.3. The Bertz CT molecular complexity index is 969. The van der Waals surface area contributed by atoms with E-state index in [0.717, 1.165) is 10.2 Å². The van der Waals surface area contributed by atoms with E-state index in [1.54, 1.807) is 35.9 Å². The minimum absolute atomic E-state index is 0.256. The number of carbonyl (C=O) groups is 1. The summed E-state index contributed by atoms with van der Waals surface area (Å²) in [5.41, 5.74) is 1.06. The van der Waals surface area contributed by atoms with Crippen molar-refractivity contribution in [1.82, 2.24) is 4.57 Å². The van der Waals surface area contributed by atoms with E-state index in [1.165, 1.54) is 37.7 Å². The highest BCUT2D eigenvalue weighted by molar-refractivity contribution is 7.16.